The lowest BCUT2D eigenvalue weighted by Gasteiger charge is -2.26. The number of carbonyl (C=O) groups excluding carboxylic acids is 1. The summed E-state index contributed by atoms with van der Waals surface area (Å²) in [6, 6.07) is 3.73. The van der Waals surface area contributed by atoms with Gasteiger partial charge in [-0.3, -0.25) is 19.7 Å². The Morgan fingerprint density at radius 2 is 1.88 bits per heavy atom. The Kier molecular flexibility index (Phi) is 5.30. The Balaban J connectivity index is 2.47. The Bertz CT molecular complexity index is 889. The van der Waals surface area contributed by atoms with Crippen LogP contribution >= 0.6 is 0 Å². The van der Waals surface area contributed by atoms with Crippen LogP contribution in [-0.2, 0) is 19.4 Å². The van der Waals surface area contributed by atoms with Crippen LogP contribution in [0.5, 0.6) is 0 Å². The summed E-state index contributed by atoms with van der Waals surface area (Å²) in [5.74, 6) is -2.94. The fourth-order valence-electron chi connectivity index (χ4n) is 2.75. The SMILES string of the molecule is CS(=O)(=O)C1=C(O)C(=O)N(CCCC(=O)O)[C@H]1c1ccc([N+](=O)[O-])cc1. The summed E-state index contributed by atoms with van der Waals surface area (Å²) in [4.78, 5) is 33.7. The Morgan fingerprint density at radius 1 is 1.31 bits per heavy atom. The first-order valence-electron chi connectivity index (χ1n) is 7.44. The van der Waals surface area contributed by atoms with Crippen LogP contribution in [0.15, 0.2) is 34.9 Å². The number of aliphatic hydroxyl groups is 1. The maximum Gasteiger partial charge on any atom is 0.303 e. The molecule has 1 aromatic rings. The fraction of sp³-hybridized carbons (Fsp3) is 0.333. The first-order chi connectivity index (χ1) is 12.0. The number of sulfone groups is 1. The van der Waals surface area contributed by atoms with E-state index in [1.165, 1.54) is 12.1 Å². The molecule has 0 bridgehead atoms. The average Bonchev–Trinajstić information content (AvgIpc) is 2.79. The summed E-state index contributed by atoms with van der Waals surface area (Å²) in [5.41, 5.74) is 0.0355. The number of benzene rings is 1. The molecule has 0 fully saturated rings. The number of aliphatic carboxylic acids is 1. The van der Waals surface area contributed by atoms with Gasteiger partial charge in [0.05, 0.1) is 11.0 Å². The molecule has 1 aliphatic heterocycles. The molecule has 1 heterocycles. The predicted octanol–water partition coefficient (Wildman–Crippen LogP) is 1.16. The van der Waals surface area contributed by atoms with E-state index in [4.69, 9.17) is 5.11 Å². The van der Waals surface area contributed by atoms with E-state index in [0.29, 0.717) is 0 Å². The summed E-state index contributed by atoms with van der Waals surface area (Å²) in [5, 5.41) is 29.5. The number of rotatable bonds is 7. The zero-order chi connectivity index (χ0) is 19.6. The molecular weight excluding hydrogens is 368 g/mol. The third-order valence-electron chi connectivity index (χ3n) is 3.87. The minimum atomic E-state index is -3.97. The minimum absolute atomic E-state index is 0.0505. The third kappa shape index (κ3) is 3.82. The molecule has 0 unspecified atom stereocenters. The van der Waals surface area contributed by atoms with Crippen molar-refractivity contribution in [2.45, 2.75) is 18.9 Å². The summed E-state index contributed by atoms with van der Waals surface area (Å²) in [7, 11) is -3.97. The highest BCUT2D eigenvalue weighted by molar-refractivity contribution is 7.94. The number of nitro benzene ring substituents is 1. The van der Waals surface area contributed by atoms with E-state index in [1.54, 1.807) is 0 Å². The van der Waals surface area contributed by atoms with E-state index in [-0.39, 0.29) is 30.6 Å². The minimum Gasteiger partial charge on any atom is -0.502 e. The van der Waals surface area contributed by atoms with Crippen molar-refractivity contribution in [3.05, 3.63) is 50.6 Å². The van der Waals surface area contributed by atoms with Crippen molar-refractivity contribution in [3.8, 4) is 0 Å². The topological polar surface area (TPSA) is 155 Å². The van der Waals surface area contributed by atoms with Crippen LogP contribution in [0.2, 0.25) is 0 Å². The lowest BCUT2D eigenvalue weighted by Crippen LogP contribution is -2.32. The largest absolute Gasteiger partial charge is 0.502 e. The zero-order valence-electron chi connectivity index (χ0n) is 13.7. The number of nitrogens with zero attached hydrogens (tertiary/aromatic N) is 2. The fourth-order valence-corrected chi connectivity index (χ4v) is 3.86. The molecule has 10 nitrogen and oxygen atoms in total. The van der Waals surface area contributed by atoms with Crippen LogP contribution < -0.4 is 0 Å². The number of carbonyl (C=O) groups is 2. The van der Waals surface area contributed by atoms with Crippen LogP contribution in [-0.4, -0.2) is 53.1 Å². The number of hydrogen-bond donors (Lipinski definition) is 2. The van der Waals surface area contributed by atoms with Gasteiger partial charge in [0.2, 0.25) is 0 Å². The van der Waals surface area contributed by atoms with Crippen LogP contribution in [0.4, 0.5) is 5.69 Å². The van der Waals surface area contributed by atoms with Gasteiger partial charge in [0.1, 0.15) is 4.91 Å². The van der Waals surface area contributed by atoms with Crippen LogP contribution in [0, 0.1) is 10.1 Å². The summed E-state index contributed by atoms with van der Waals surface area (Å²) in [6.07, 6.45) is 0.644. The second kappa shape index (κ2) is 7.12. The highest BCUT2D eigenvalue weighted by atomic mass is 32.2. The van der Waals surface area contributed by atoms with Gasteiger partial charge >= 0.3 is 5.97 Å². The first kappa shape index (κ1) is 19.4. The molecule has 1 amide bonds. The van der Waals surface area contributed by atoms with Gasteiger partial charge in [-0.05, 0) is 24.1 Å². The van der Waals surface area contributed by atoms with Crippen molar-refractivity contribution in [2.75, 3.05) is 12.8 Å². The number of amides is 1. The molecule has 2 N–H and O–H groups in total. The van der Waals surface area contributed by atoms with Crippen LogP contribution in [0.1, 0.15) is 24.4 Å². The summed E-state index contributed by atoms with van der Waals surface area (Å²) < 4.78 is 24.2. The Labute approximate surface area is 148 Å². The molecule has 0 spiro atoms. The molecule has 11 heteroatoms. The molecule has 0 saturated heterocycles. The second-order valence-electron chi connectivity index (χ2n) is 5.73. The number of carboxylic acids is 1. The van der Waals surface area contributed by atoms with Gasteiger partial charge in [-0.15, -0.1) is 0 Å². The maximum absolute atomic E-state index is 12.3. The van der Waals surface area contributed by atoms with Gasteiger partial charge in [0.15, 0.2) is 15.6 Å². The normalized spacial score (nSPS) is 17.7. The standard InChI is InChI=1S/C15H16N2O8S/c1-26(24,25)14-12(9-4-6-10(7-5-9)17(22)23)16(15(21)13(14)20)8-2-3-11(18)19/h4-7,12,20H,2-3,8H2,1H3,(H,18,19)/t12-/m0/s1. The number of hydrogen-bond acceptors (Lipinski definition) is 7. The lowest BCUT2D eigenvalue weighted by atomic mass is 10.1. The smallest absolute Gasteiger partial charge is 0.303 e. The Morgan fingerprint density at radius 3 is 2.35 bits per heavy atom. The molecule has 140 valence electrons. The van der Waals surface area contributed by atoms with Gasteiger partial charge in [-0.25, -0.2) is 8.42 Å². The second-order valence-corrected chi connectivity index (χ2v) is 7.72. The maximum atomic E-state index is 12.3. The molecule has 1 aromatic carbocycles. The monoisotopic (exact) mass is 384 g/mol. The molecule has 0 saturated carbocycles. The molecular formula is C15H16N2O8S. The number of carboxylic acid groups (broad SMARTS) is 1. The van der Waals surface area contributed by atoms with Gasteiger partial charge in [-0.1, -0.05) is 0 Å². The van der Waals surface area contributed by atoms with E-state index in [0.717, 1.165) is 23.3 Å². The average molecular weight is 384 g/mol. The van der Waals surface area contributed by atoms with Gasteiger partial charge in [0, 0.05) is 31.4 Å². The van der Waals surface area contributed by atoms with E-state index < -0.39 is 43.3 Å². The summed E-state index contributed by atoms with van der Waals surface area (Å²) >= 11 is 0. The van der Waals surface area contributed by atoms with E-state index in [9.17, 15) is 33.2 Å². The van der Waals surface area contributed by atoms with Crippen molar-refractivity contribution < 1.29 is 33.1 Å². The summed E-state index contributed by atoms with van der Waals surface area (Å²) in [6.45, 7) is -0.101. The van der Waals surface area contributed by atoms with Gasteiger partial charge < -0.3 is 15.1 Å². The number of nitro groups is 1. The van der Waals surface area contributed by atoms with Crippen LogP contribution in [0.3, 0.4) is 0 Å². The quantitative estimate of drug-likeness (QED) is 0.524. The van der Waals surface area contributed by atoms with Crippen molar-refractivity contribution in [1.82, 2.24) is 4.90 Å². The van der Waals surface area contributed by atoms with Crippen molar-refractivity contribution in [3.63, 3.8) is 0 Å². The van der Waals surface area contributed by atoms with Crippen molar-refractivity contribution in [1.29, 1.82) is 0 Å². The van der Waals surface area contributed by atoms with Gasteiger partial charge in [0.25, 0.3) is 11.6 Å². The van der Waals surface area contributed by atoms with Crippen molar-refractivity contribution in [2.24, 2.45) is 0 Å². The van der Waals surface area contributed by atoms with E-state index in [2.05, 4.69) is 0 Å². The van der Waals surface area contributed by atoms with Crippen molar-refractivity contribution >= 4 is 27.4 Å². The predicted molar refractivity (Wildman–Crippen MR) is 88.9 cm³/mol. The molecule has 0 aliphatic carbocycles. The van der Waals surface area contributed by atoms with Gasteiger partial charge in [-0.2, -0.15) is 0 Å². The Hall–Kier alpha value is -2.95. The van der Waals surface area contributed by atoms with E-state index >= 15 is 0 Å². The van der Waals surface area contributed by atoms with E-state index in [1.807, 2.05) is 0 Å². The molecule has 0 radical (unpaired) electrons. The first-order valence-corrected chi connectivity index (χ1v) is 9.33. The molecule has 2 rings (SSSR count). The van der Waals surface area contributed by atoms with Crippen LogP contribution in [0.25, 0.3) is 0 Å². The lowest BCUT2D eigenvalue weighted by molar-refractivity contribution is -0.384. The zero-order valence-corrected chi connectivity index (χ0v) is 14.5. The number of aliphatic hydroxyl groups excluding tert-OH is 1. The molecule has 1 aliphatic rings. The molecule has 26 heavy (non-hydrogen) atoms. The third-order valence-corrected chi connectivity index (χ3v) is 5.08. The number of non-ortho nitro benzene ring substituents is 1. The molecule has 1 atom stereocenters. The molecule has 0 aromatic heterocycles. The highest BCUT2D eigenvalue weighted by Crippen LogP contribution is 2.40. The highest BCUT2D eigenvalue weighted by Gasteiger charge is 2.44.